The summed E-state index contributed by atoms with van der Waals surface area (Å²) in [6.45, 7) is 7.47. The molecule has 49 heavy (non-hydrogen) atoms. The normalized spacial score (nSPS) is 13.0. The molecule has 252 valence electrons. The SMILES string of the molecule is Cc1ccc2c(ccn2Cc2c(-c3cccc4c(CCCOc5cc(C)c(Cl)c(C)c5)c(C(=O)O)[nH]c34)c(C(=O)NCC3CC3)nn2C)c1. The average molecular weight is 678 g/mol. The minimum absolute atomic E-state index is 0.137. The molecule has 0 spiro atoms. The molecule has 1 saturated carbocycles. The van der Waals surface area contributed by atoms with Crippen LogP contribution in [0.15, 0.2) is 60.8 Å². The molecule has 0 saturated heterocycles. The van der Waals surface area contributed by atoms with E-state index in [0.29, 0.717) is 60.8 Å². The standard InChI is InChI=1S/C39H40ClN5O4/c1-22-10-13-31-26(17-22)14-15-45(31)21-32-33(37(43-44(32)4)38(46)41-20-25-11-12-25)30-8-5-7-28-29(36(39(47)48)42-35(28)30)9-6-16-49-27-18-23(2)34(40)24(3)19-27/h5,7-8,10,13-15,17-19,25,42H,6,9,11-12,16,20-21H2,1-4H3,(H,41,46)(H,47,48). The second-order valence-corrected chi connectivity index (χ2v) is 13.7. The second kappa shape index (κ2) is 13.1. The number of aromatic nitrogens is 4. The predicted molar refractivity (Wildman–Crippen MR) is 193 cm³/mol. The molecule has 0 aliphatic heterocycles. The van der Waals surface area contributed by atoms with Crippen LogP contribution in [0.1, 0.15) is 68.2 Å². The summed E-state index contributed by atoms with van der Waals surface area (Å²) in [6.07, 6.45) is 5.38. The van der Waals surface area contributed by atoms with Gasteiger partial charge in [-0.1, -0.05) is 41.4 Å². The number of ether oxygens (including phenoxy) is 1. The van der Waals surface area contributed by atoms with Gasteiger partial charge in [0, 0.05) is 46.8 Å². The van der Waals surface area contributed by atoms with Crippen LogP contribution < -0.4 is 10.1 Å². The molecule has 7 rings (SSSR count). The van der Waals surface area contributed by atoms with Gasteiger partial charge in [0.05, 0.1) is 24.4 Å². The molecule has 1 aliphatic rings. The van der Waals surface area contributed by atoms with Gasteiger partial charge in [0.15, 0.2) is 5.69 Å². The Labute approximate surface area is 289 Å². The lowest BCUT2D eigenvalue weighted by Crippen LogP contribution is -2.26. The zero-order chi connectivity index (χ0) is 34.4. The summed E-state index contributed by atoms with van der Waals surface area (Å²) in [5, 5.41) is 20.9. The highest BCUT2D eigenvalue weighted by Crippen LogP contribution is 2.37. The number of nitrogens with one attached hydrogen (secondary N) is 2. The number of aromatic amines is 1. The van der Waals surface area contributed by atoms with Crippen molar-refractivity contribution >= 4 is 45.3 Å². The summed E-state index contributed by atoms with van der Waals surface area (Å²) >= 11 is 6.33. The van der Waals surface area contributed by atoms with Gasteiger partial charge in [-0.3, -0.25) is 9.48 Å². The summed E-state index contributed by atoms with van der Waals surface area (Å²) < 4.78 is 9.98. The van der Waals surface area contributed by atoms with Crippen molar-refractivity contribution in [2.75, 3.05) is 13.2 Å². The maximum absolute atomic E-state index is 13.7. The molecule has 10 heteroatoms. The van der Waals surface area contributed by atoms with Gasteiger partial charge in [0.1, 0.15) is 11.4 Å². The molecule has 0 bridgehead atoms. The van der Waals surface area contributed by atoms with Crippen LogP contribution in [0.5, 0.6) is 5.75 Å². The molecular weight excluding hydrogens is 638 g/mol. The predicted octanol–water partition coefficient (Wildman–Crippen LogP) is 8.00. The summed E-state index contributed by atoms with van der Waals surface area (Å²) in [7, 11) is 1.86. The Kier molecular flexibility index (Phi) is 8.71. The highest BCUT2D eigenvalue weighted by Gasteiger charge is 2.29. The number of aromatic carboxylic acids is 1. The number of carbonyl (C=O) groups is 2. The summed E-state index contributed by atoms with van der Waals surface area (Å²) in [6, 6.07) is 18.1. The van der Waals surface area contributed by atoms with Crippen molar-refractivity contribution in [3.63, 3.8) is 0 Å². The number of fused-ring (bicyclic) bond motifs is 2. The number of halogens is 1. The van der Waals surface area contributed by atoms with Crippen LogP contribution >= 0.6 is 11.6 Å². The van der Waals surface area contributed by atoms with Crippen LogP contribution in [0.3, 0.4) is 0 Å². The van der Waals surface area contributed by atoms with Crippen LogP contribution in [0.25, 0.3) is 32.9 Å². The van der Waals surface area contributed by atoms with Gasteiger partial charge in [0.25, 0.3) is 5.91 Å². The first-order valence-corrected chi connectivity index (χ1v) is 17.1. The van der Waals surface area contributed by atoms with Gasteiger partial charge in [-0.05, 0) is 105 Å². The monoisotopic (exact) mass is 677 g/mol. The third-order valence-corrected chi connectivity index (χ3v) is 10.1. The number of benzene rings is 3. The Bertz CT molecular complexity index is 2220. The minimum Gasteiger partial charge on any atom is -0.494 e. The quantitative estimate of drug-likeness (QED) is 0.114. The summed E-state index contributed by atoms with van der Waals surface area (Å²) in [5.41, 5.74) is 8.27. The zero-order valence-electron chi connectivity index (χ0n) is 28.2. The van der Waals surface area contributed by atoms with Gasteiger partial charge >= 0.3 is 5.97 Å². The molecule has 3 aromatic heterocycles. The van der Waals surface area contributed by atoms with Gasteiger partial charge in [0.2, 0.25) is 0 Å². The summed E-state index contributed by atoms with van der Waals surface area (Å²) in [4.78, 5) is 29.6. The Morgan fingerprint density at radius 1 is 1.08 bits per heavy atom. The number of para-hydroxylation sites is 1. The fourth-order valence-electron chi connectivity index (χ4n) is 6.80. The number of aryl methyl sites for hydroxylation is 5. The van der Waals surface area contributed by atoms with E-state index in [-0.39, 0.29) is 11.6 Å². The molecule has 3 N–H and O–H groups in total. The van der Waals surface area contributed by atoms with E-state index in [0.717, 1.165) is 62.3 Å². The van der Waals surface area contributed by atoms with E-state index in [9.17, 15) is 14.7 Å². The fourth-order valence-corrected chi connectivity index (χ4v) is 6.91. The number of carboxylic acids is 1. The Balaban J connectivity index is 1.27. The van der Waals surface area contributed by atoms with Gasteiger partial charge in [-0.2, -0.15) is 5.10 Å². The van der Waals surface area contributed by atoms with E-state index in [2.05, 4.69) is 52.3 Å². The van der Waals surface area contributed by atoms with Gasteiger partial charge in [-0.15, -0.1) is 0 Å². The molecule has 0 unspecified atom stereocenters. The number of nitrogens with zero attached hydrogens (tertiary/aromatic N) is 3. The molecule has 1 aliphatic carbocycles. The number of amides is 1. The Morgan fingerprint density at radius 2 is 1.86 bits per heavy atom. The van der Waals surface area contributed by atoms with E-state index in [1.54, 1.807) is 4.68 Å². The zero-order valence-corrected chi connectivity index (χ0v) is 28.9. The topological polar surface area (TPSA) is 114 Å². The van der Waals surface area contributed by atoms with Crippen molar-refractivity contribution in [2.45, 2.75) is 53.0 Å². The molecule has 3 aromatic carbocycles. The van der Waals surface area contributed by atoms with Gasteiger partial charge in [-0.25, -0.2) is 4.79 Å². The van der Waals surface area contributed by atoms with Crippen molar-refractivity contribution in [1.82, 2.24) is 24.6 Å². The van der Waals surface area contributed by atoms with Gasteiger partial charge < -0.3 is 24.7 Å². The summed E-state index contributed by atoms with van der Waals surface area (Å²) in [5.74, 6) is -0.0236. The van der Waals surface area contributed by atoms with Crippen LogP contribution in [0.2, 0.25) is 5.02 Å². The van der Waals surface area contributed by atoms with Crippen LogP contribution in [-0.4, -0.2) is 49.5 Å². The Hall–Kier alpha value is -5.02. The lowest BCUT2D eigenvalue weighted by atomic mass is 9.97. The van der Waals surface area contributed by atoms with E-state index < -0.39 is 5.97 Å². The first-order valence-electron chi connectivity index (χ1n) is 16.8. The molecule has 0 atom stereocenters. The second-order valence-electron chi connectivity index (χ2n) is 13.3. The fraction of sp³-hybridized carbons (Fsp3) is 0.308. The highest BCUT2D eigenvalue weighted by atomic mass is 35.5. The van der Waals surface area contributed by atoms with Crippen molar-refractivity contribution in [3.05, 3.63) is 105 Å². The molecule has 1 amide bonds. The van der Waals surface area contributed by atoms with Crippen molar-refractivity contribution in [1.29, 1.82) is 0 Å². The van der Waals surface area contributed by atoms with Crippen LogP contribution in [0.4, 0.5) is 0 Å². The number of carboxylic acid groups (broad SMARTS) is 1. The van der Waals surface area contributed by atoms with Crippen molar-refractivity contribution in [3.8, 4) is 16.9 Å². The third kappa shape index (κ3) is 6.43. The Morgan fingerprint density at radius 3 is 2.59 bits per heavy atom. The first-order chi connectivity index (χ1) is 23.6. The molecule has 1 fully saturated rings. The number of hydrogen-bond acceptors (Lipinski definition) is 4. The lowest BCUT2D eigenvalue weighted by Gasteiger charge is -2.12. The van der Waals surface area contributed by atoms with Crippen LogP contribution in [0, 0.1) is 26.7 Å². The maximum atomic E-state index is 13.7. The smallest absolute Gasteiger partial charge is 0.352 e. The van der Waals surface area contributed by atoms with E-state index in [1.807, 2.05) is 51.2 Å². The first kappa shape index (κ1) is 32.5. The molecule has 0 radical (unpaired) electrons. The number of rotatable bonds is 12. The number of hydrogen-bond donors (Lipinski definition) is 3. The average Bonchev–Trinajstić information content (AvgIpc) is 3.58. The lowest BCUT2D eigenvalue weighted by molar-refractivity contribution is 0.0690. The van der Waals surface area contributed by atoms with Crippen LogP contribution in [-0.2, 0) is 20.0 Å². The van der Waals surface area contributed by atoms with Crippen molar-refractivity contribution in [2.24, 2.45) is 13.0 Å². The molecular formula is C39H40ClN5O4. The minimum atomic E-state index is -1.04. The van der Waals surface area contributed by atoms with E-state index in [4.69, 9.17) is 21.4 Å². The highest BCUT2D eigenvalue weighted by molar-refractivity contribution is 6.32. The van der Waals surface area contributed by atoms with E-state index >= 15 is 0 Å². The third-order valence-electron chi connectivity index (χ3n) is 9.55. The molecule has 6 aromatic rings. The number of carbonyl (C=O) groups excluding carboxylic acids is 1. The maximum Gasteiger partial charge on any atom is 0.352 e. The molecule has 9 nitrogen and oxygen atoms in total. The van der Waals surface area contributed by atoms with E-state index in [1.165, 1.54) is 5.56 Å². The number of H-pyrrole nitrogens is 1. The van der Waals surface area contributed by atoms with Crippen molar-refractivity contribution < 1.29 is 19.4 Å². The largest absolute Gasteiger partial charge is 0.494 e. The molecule has 3 heterocycles.